The molecule has 0 amide bonds. The summed E-state index contributed by atoms with van der Waals surface area (Å²) in [5.74, 6) is -0.685. The second-order valence-electron chi connectivity index (χ2n) is 6.71. The lowest BCUT2D eigenvalue weighted by atomic mass is 10.1. The molecular formula is C21H18F3N3O5S. The minimum absolute atomic E-state index is 0.311. The van der Waals surface area contributed by atoms with E-state index in [1.165, 1.54) is 31.6 Å². The summed E-state index contributed by atoms with van der Waals surface area (Å²) in [6.45, 7) is 0. The summed E-state index contributed by atoms with van der Waals surface area (Å²) < 4.78 is 68.6. The van der Waals surface area contributed by atoms with Crippen molar-refractivity contribution < 1.29 is 35.3 Å². The van der Waals surface area contributed by atoms with Gasteiger partial charge in [-0.15, -0.1) is 0 Å². The van der Waals surface area contributed by atoms with Crippen LogP contribution in [0.3, 0.4) is 0 Å². The number of alkyl halides is 3. The number of anilines is 1. The molecule has 2 aromatic carbocycles. The van der Waals surface area contributed by atoms with E-state index in [0.29, 0.717) is 23.5 Å². The monoisotopic (exact) mass is 481 g/mol. The van der Waals surface area contributed by atoms with Crippen molar-refractivity contribution in [1.29, 1.82) is 0 Å². The van der Waals surface area contributed by atoms with E-state index in [1.54, 1.807) is 0 Å². The predicted octanol–water partition coefficient (Wildman–Crippen LogP) is 3.57. The standard InChI is InChI=1S/C21H18F3N3O5S/c1-31-20(28)18(11-14-5-3-2-4-6-14)27-19-12-17(25-13-26-19)15-7-9-16(10-8-15)32-33(29,30)21(22,23)24/h2-10,12-13,18H,11H2,1H3,(H,25,26,27). The van der Waals surface area contributed by atoms with Gasteiger partial charge in [0.15, 0.2) is 0 Å². The average molecular weight is 481 g/mol. The van der Waals surface area contributed by atoms with Crippen LogP contribution in [0.4, 0.5) is 19.0 Å². The number of esters is 1. The van der Waals surface area contributed by atoms with E-state index in [9.17, 15) is 26.4 Å². The van der Waals surface area contributed by atoms with Crippen LogP contribution in [0, 0.1) is 0 Å². The van der Waals surface area contributed by atoms with Crippen molar-refractivity contribution in [3.63, 3.8) is 0 Å². The van der Waals surface area contributed by atoms with Crippen LogP contribution in [0.5, 0.6) is 5.75 Å². The lowest BCUT2D eigenvalue weighted by molar-refractivity contribution is -0.141. The van der Waals surface area contributed by atoms with Crippen molar-refractivity contribution in [3.8, 4) is 17.0 Å². The first-order valence-corrected chi connectivity index (χ1v) is 10.8. The topological polar surface area (TPSA) is 107 Å². The van der Waals surface area contributed by atoms with Crippen LogP contribution in [0.15, 0.2) is 67.0 Å². The van der Waals surface area contributed by atoms with Gasteiger partial charge in [-0.1, -0.05) is 30.3 Å². The lowest BCUT2D eigenvalue weighted by Gasteiger charge is -2.17. The molecule has 0 saturated heterocycles. The number of nitrogens with zero attached hydrogens (tertiary/aromatic N) is 2. The molecule has 0 saturated carbocycles. The molecule has 174 valence electrons. The largest absolute Gasteiger partial charge is 0.534 e. The number of hydrogen-bond acceptors (Lipinski definition) is 8. The van der Waals surface area contributed by atoms with E-state index in [4.69, 9.17) is 4.74 Å². The maximum atomic E-state index is 12.5. The maximum Gasteiger partial charge on any atom is 0.534 e. The molecule has 8 nitrogen and oxygen atoms in total. The highest BCUT2D eigenvalue weighted by molar-refractivity contribution is 7.88. The normalized spacial score (nSPS) is 12.6. The smallest absolute Gasteiger partial charge is 0.467 e. The van der Waals surface area contributed by atoms with Crippen molar-refractivity contribution in [2.75, 3.05) is 12.4 Å². The zero-order valence-corrected chi connectivity index (χ0v) is 17.9. The number of ether oxygens (including phenoxy) is 1. The van der Waals surface area contributed by atoms with Gasteiger partial charge in [-0.05, 0) is 29.8 Å². The van der Waals surface area contributed by atoms with Gasteiger partial charge in [-0.2, -0.15) is 21.6 Å². The van der Waals surface area contributed by atoms with Crippen LogP contribution in [-0.4, -0.2) is 43.0 Å². The number of carbonyl (C=O) groups is 1. The summed E-state index contributed by atoms with van der Waals surface area (Å²) in [6, 6.07) is 14.9. The fourth-order valence-corrected chi connectivity index (χ4v) is 3.27. The zero-order valence-electron chi connectivity index (χ0n) is 17.1. The van der Waals surface area contributed by atoms with Gasteiger partial charge < -0.3 is 14.2 Å². The van der Waals surface area contributed by atoms with Gasteiger partial charge in [0, 0.05) is 18.1 Å². The Bertz CT molecular complexity index is 1200. The number of nitrogens with one attached hydrogen (secondary N) is 1. The highest BCUT2D eigenvalue weighted by atomic mass is 32.2. The summed E-state index contributed by atoms with van der Waals surface area (Å²) >= 11 is 0. The van der Waals surface area contributed by atoms with Crippen molar-refractivity contribution >= 4 is 21.9 Å². The first kappa shape index (κ1) is 24.0. The molecule has 0 aliphatic carbocycles. The fourth-order valence-electron chi connectivity index (χ4n) is 2.81. The number of halogens is 3. The Morgan fingerprint density at radius 2 is 1.73 bits per heavy atom. The van der Waals surface area contributed by atoms with E-state index in [2.05, 4.69) is 19.5 Å². The van der Waals surface area contributed by atoms with Crippen molar-refractivity contribution in [3.05, 3.63) is 72.6 Å². The maximum absolute atomic E-state index is 12.5. The van der Waals surface area contributed by atoms with Gasteiger partial charge in [-0.3, -0.25) is 0 Å². The van der Waals surface area contributed by atoms with Gasteiger partial charge in [0.1, 0.15) is 23.9 Å². The van der Waals surface area contributed by atoms with E-state index >= 15 is 0 Å². The summed E-state index contributed by atoms with van der Waals surface area (Å²) in [5.41, 5.74) is -3.80. The Morgan fingerprint density at radius 1 is 1.06 bits per heavy atom. The zero-order chi connectivity index (χ0) is 24.1. The summed E-state index contributed by atoms with van der Waals surface area (Å²) in [7, 11) is -4.49. The van der Waals surface area contributed by atoms with Crippen LogP contribution in [0.2, 0.25) is 0 Å². The molecule has 0 aliphatic heterocycles. The van der Waals surface area contributed by atoms with Crippen molar-refractivity contribution in [1.82, 2.24) is 9.97 Å². The molecule has 3 rings (SSSR count). The molecule has 1 unspecified atom stereocenters. The number of rotatable bonds is 8. The molecule has 0 radical (unpaired) electrons. The Hall–Kier alpha value is -3.67. The van der Waals surface area contributed by atoms with Crippen molar-refractivity contribution in [2.45, 2.75) is 18.0 Å². The molecule has 33 heavy (non-hydrogen) atoms. The minimum Gasteiger partial charge on any atom is -0.467 e. The fraction of sp³-hybridized carbons (Fsp3) is 0.190. The van der Waals surface area contributed by atoms with Crippen molar-refractivity contribution in [2.24, 2.45) is 0 Å². The summed E-state index contributed by atoms with van der Waals surface area (Å²) in [4.78, 5) is 20.4. The number of carbonyl (C=O) groups excluding carboxylic acids is 1. The van der Waals surface area contributed by atoms with Gasteiger partial charge in [-0.25, -0.2) is 14.8 Å². The van der Waals surface area contributed by atoms with Gasteiger partial charge in [0.05, 0.1) is 12.8 Å². The molecule has 1 heterocycles. The van der Waals surface area contributed by atoms with Gasteiger partial charge in [0.2, 0.25) is 0 Å². The molecule has 0 fully saturated rings. The molecule has 1 N–H and O–H groups in total. The molecule has 0 bridgehead atoms. The Labute approximate surface area is 187 Å². The minimum atomic E-state index is -5.76. The number of hydrogen-bond donors (Lipinski definition) is 1. The van der Waals surface area contributed by atoms with E-state index < -0.39 is 33.4 Å². The number of aromatic nitrogens is 2. The van der Waals surface area contributed by atoms with Crippen LogP contribution in [0.1, 0.15) is 5.56 Å². The molecule has 0 aliphatic rings. The molecule has 1 aromatic heterocycles. The molecule has 12 heteroatoms. The predicted molar refractivity (Wildman–Crippen MR) is 113 cm³/mol. The van der Waals surface area contributed by atoms with Crippen LogP contribution in [-0.2, 0) is 26.1 Å². The Balaban J connectivity index is 1.77. The Morgan fingerprint density at radius 3 is 2.33 bits per heavy atom. The first-order chi connectivity index (χ1) is 15.6. The van der Waals surface area contributed by atoms with Gasteiger partial charge in [0.25, 0.3) is 0 Å². The highest BCUT2D eigenvalue weighted by Gasteiger charge is 2.48. The van der Waals surface area contributed by atoms with Crippen LogP contribution >= 0.6 is 0 Å². The average Bonchev–Trinajstić information content (AvgIpc) is 2.78. The highest BCUT2D eigenvalue weighted by Crippen LogP contribution is 2.28. The molecule has 0 spiro atoms. The quantitative estimate of drug-likeness (QED) is 0.296. The Kier molecular flexibility index (Phi) is 7.16. The lowest BCUT2D eigenvalue weighted by Crippen LogP contribution is -2.33. The van der Waals surface area contributed by atoms with E-state index in [0.717, 1.165) is 17.7 Å². The first-order valence-electron chi connectivity index (χ1n) is 9.40. The third-order valence-corrected chi connectivity index (χ3v) is 5.38. The second-order valence-corrected chi connectivity index (χ2v) is 8.24. The third-order valence-electron chi connectivity index (χ3n) is 4.40. The van der Waals surface area contributed by atoms with Gasteiger partial charge >= 0.3 is 21.6 Å². The molecular weight excluding hydrogens is 463 g/mol. The van der Waals surface area contributed by atoms with Crippen LogP contribution in [0.25, 0.3) is 11.3 Å². The SMILES string of the molecule is COC(=O)C(Cc1ccccc1)Nc1cc(-c2ccc(OS(=O)(=O)C(F)(F)F)cc2)ncn1. The van der Waals surface area contributed by atoms with Crippen LogP contribution < -0.4 is 9.50 Å². The third kappa shape index (κ3) is 6.19. The number of methoxy groups -OCH3 is 1. The number of benzene rings is 2. The van der Waals surface area contributed by atoms with E-state index in [-0.39, 0.29) is 0 Å². The molecule has 1 atom stereocenters. The van der Waals surface area contributed by atoms with E-state index in [1.807, 2.05) is 30.3 Å². The second kappa shape index (κ2) is 9.86. The summed E-state index contributed by atoms with van der Waals surface area (Å²) in [5, 5.41) is 2.99. The summed E-state index contributed by atoms with van der Waals surface area (Å²) in [6.07, 6.45) is 1.58. The molecule has 3 aromatic rings.